The second-order valence-corrected chi connectivity index (χ2v) is 6.05. The molecule has 25 heavy (non-hydrogen) atoms. The van der Waals surface area contributed by atoms with Crippen LogP contribution in [0.4, 0.5) is 5.69 Å². The quantitative estimate of drug-likeness (QED) is 0.576. The van der Waals surface area contributed by atoms with Gasteiger partial charge >= 0.3 is 5.69 Å². The maximum absolute atomic E-state index is 12.7. The van der Waals surface area contributed by atoms with Crippen molar-refractivity contribution >= 4 is 11.6 Å². The van der Waals surface area contributed by atoms with E-state index in [0.29, 0.717) is 17.2 Å². The number of anilines is 1. The van der Waals surface area contributed by atoms with Crippen LogP contribution in [0, 0.1) is 6.92 Å². The van der Waals surface area contributed by atoms with Crippen LogP contribution in [-0.2, 0) is 13.1 Å². The number of hydrogen-bond donors (Lipinski definition) is 4. The number of nitrogens with one attached hydrogen (secondary N) is 4. The zero-order chi connectivity index (χ0) is 17.4. The number of rotatable bonds is 3. The maximum Gasteiger partial charge on any atom is 0.340 e. The lowest BCUT2D eigenvalue weighted by atomic mass is 10.1. The van der Waals surface area contributed by atoms with E-state index < -0.39 is 0 Å². The molecule has 0 radical (unpaired) electrons. The Morgan fingerprint density at radius 3 is 2.96 bits per heavy atom. The third-order valence-corrected chi connectivity index (χ3v) is 4.38. The minimum Gasteiger partial charge on any atom is -0.338 e. The molecule has 1 aliphatic rings. The molecule has 1 aliphatic heterocycles. The van der Waals surface area contributed by atoms with Crippen LogP contribution in [0.5, 0.6) is 0 Å². The number of carbonyl (C=O) groups excluding carboxylic acids is 1. The molecule has 8 heteroatoms. The summed E-state index contributed by atoms with van der Waals surface area (Å²) in [6, 6.07) is 9.36. The zero-order valence-electron chi connectivity index (χ0n) is 13.7. The lowest BCUT2D eigenvalue weighted by Gasteiger charge is -2.19. The lowest BCUT2D eigenvalue weighted by Crippen LogP contribution is -2.30. The van der Waals surface area contributed by atoms with Gasteiger partial charge in [-0.3, -0.25) is 9.78 Å². The molecule has 0 unspecified atom stereocenters. The third-order valence-electron chi connectivity index (χ3n) is 4.38. The molecule has 1 aromatic carbocycles. The number of amides is 1. The van der Waals surface area contributed by atoms with E-state index in [9.17, 15) is 9.59 Å². The lowest BCUT2D eigenvalue weighted by molar-refractivity contribution is 0.101. The molecule has 128 valence electrons. The minimum atomic E-state index is -0.366. The molecule has 4 rings (SSSR count). The molecule has 3 aromatic rings. The Balaban J connectivity index is 1.63. The van der Waals surface area contributed by atoms with Crippen LogP contribution in [0.2, 0.25) is 0 Å². The van der Waals surface area contributed by atoms with E-state index in [4.69, 9.17) is 0 Å². The monoisotopic (exact) mass is 338 g/mol. The summed E-state index contributed by atoms with van der Waals surface area (Å²) < 4.78 is 2.04. The Bertz CT molecular complexity index is 997. The molecule has 0 fully saturated rings. The van der Waals surface area contributed by atoms with Gasteiger partial charge in [0.15, 0.2) is 5.82 Å². The van der Waals surface area contributed by atoms with Gasteiger partial charge in [-0.05, 0) is 30.7 Å². The van der Waals surface area contributed by atoms with Crippen molar-refractivity contribution in [3.05, 3.63) is 57.8 Å². The molecule has 0 aliphatic carbocycles. The Hall–Kier alpha value is -3.13. The van der Waals surface area contributed by atoms with Crippen LogP contribution >= 0.6 is 0 Å². The Kier molecular flexibility index (Phi) is 3.73. The van der Waals surface area contributed by atoms with Gasteiger partial charge in [0.05, 0.1) is 0 Å². The predicted molar refractivity (Wildman–Crippen MR) is 93.5 cm³/mol. The second-order valence-electron chi connectivity index (χ2n) is 6.05. The summed E-state index contributed by atoms with van der Waals surface area (Å²) in [6.07, 6.45) is 0. The van der Waals surface area contributed by atoms with Crippen molar-refractivity contribution in [2.75, 3.05) is 11.9 Å². The summed E-state index contributed by atoms with van der Waals surface area (Å²) in [5.41, 5.74) is 3.73. The molecule has 0 atom stereocenters. The van der Waals surface area contributed by atoms with E-state index in [1.54, 1.807) is 6.07 Å². The van der Waals surface area contributed by atoms with Crippen LogP contribution in [0.1, 0.15) is 21.7 Å². The molecular weight excluding hydrogens is 320 g/mol. The van der Waals surface area contributed by atoms with E-state index >= 15 is 0 Å². The summed E-state index contributed by atoms with van der Waals surface area (Å²) in [7, 11) is 0. The van der Waals surface area contributed by atoms with Gasteiger partial charge in [0, 0.05) is 36.6 Å². The molecule has 0 bridgehead atoms. The second kappa shape index (κ2) is 6.06. The highest BCUT2D eigenvalue weighted by Crippen LogP contribution is 2.23. The van der Waals surface area contributed by atoms with Crippen molar-refractivity contribution in [2.45, 2.75) is 20.0 Å². The number of nitrogens with zero attached hydrogens (tertiary/aromatic N) is 2. The molecular formula is C17H18N6O2. The van der Waals surface area contributed by atoms with Crippen molar-refractivity contribution in [1.82, 2.24) is 25.1 Å². The van der Waals surface area contributed by atoms with Gasteiger partial charge in [-0.15, -0.1) is 0 Å². The fraction of sp³-hybridized carbons (Fsp3) is 0.235. The molecule has 0 saturated carbocycles. The molecule has 0 saturated heterocycles. The zero-order valence-corrected chi connectivity index (χ0v) is 13.7. The molecule has 0 spiro atoms. The number of aryl methyl sites for hydroxylation is 1. The summed E-state index contributed by atoms with van der Waals surface area (Å²) in [4.78, 5) is 26.6. The summed E-state index contributed by atoms with van der Waals surface area (Å²) in [6.45, 7) is 4.32. The molecule has 3 heterocycles. The van der Waals surface area contributed by atoms with E-state index in [1.165, 1.54) is 0 Å². The van der Waals surface area contributed by atoms with Crippen molar-refractivity contribution in [2.24, 2.45) is 0 Å². The average Bonchev–Trinajstić information content (AvgIpc) is 3.23. The van der Waals surface area contributed by atoms with Gasteiger partial charge in [0.25, 0.3) is 5.91 Å². The first-order valence-electron chi connectivity index (χ1n) is 8.08. The number of aromatic nitrogens is 4. The highest BCUT2D eigenvalue weighted by Gasteiger charge is 2.18. The number of H-pyrrole nitrogens is 2. The Morgan fingerprint density at radius 2 is 2.16 bits per heavy atom. The molecule has 4 N–H and O–H groups in total. The summed E-state index contributed by atoms with van der Waals surface area (Å²) in [5.74, 6) is 0.288. The van der Waals surface area contributed by atoms with E-state index in [0.717, 1.165) is 36.5 Å². The summed E-state index contributed by atoms with van der Waals surface area (Å²) >= 11 is 0. The molecule has 2 aromatic heterocycles. The van der Waals surface area contributed by atoms with Crippen molar-refractivity contribution in [1.29, 1.82) is 0 Å². The van der Waals surface area contributed by atoms with Crippen molar-refractivity contribution < 1.29 is 4.79 Å². The van der Waals surface area contributed by atoms with Crippen LogP contribution in [-0.4, -0.2) is 32.2 Å². The summed E-state index contributed by atoms with van der Waals surface area (Å²) in [5, 5.41) is 12.5. The number of hydrogen-bond acceptors (Lipinski definition) is 4. The first kappa shape index (κ1) is 15.4. The maximum atomic E-state index is 12.7. The van der Waals surface area contributed by atoms with Crippen LogP contribution < -0.4 is 16.3 Å². The van der Waals surface area contributed by atoms with Crippen LogP contribution in [0.3, 0.4) is 0 Å². The number of aromatic amines is 2. The first-order chi connectivity index (χ1) is 12.1. The third kappa shape index (κ3) is 2.87. The van der Waals surface area contributed by atoms with Gasteiger partial charge in [-0.1, -0.05) is 12.1 Å². The highest BCUT2D eigenvalue weighted by molar-refractivity contribution is 6.04. The minimum absolute atomic E-state index is 0.149. The Labute approximate surface area is 143 Å². The molecule has 8 nitrogen and oxygen atoms in total. The highest BCUT2D eigenvalue weighted by atomic mass is 16.2. The smallest absolute Gasteiger partial charge is 0.338 e. The van der Waals surface area contributed by atoms with Gasteiger partial charge in [-0.2, -0.15) is 5.10 Å². The average molecular weight is 338 g/mol. The van der Waals surface area contributed by atoms with Crippen molar-refractivity contribution in [3.8, 4) is 11.4 Å². The largest absolute Gasteiger partial charge is 0.340 e. The van der Waals surface area contributed by atoms with Gasteiger partial charge in [-0.25, -0.2) is 9.89 Å². The van der Waals surface area contributed by atoms with E-state index in [-0.39, 0.29) is 11.6 Å². The predicted octanol–water partition coefficient (Wildman–Crippen LogP) is 1.23. The fourth-order valence-electron chi connectivity index (χ4n) is 3.03. The normalized spacial score (nSPS) is 13.5. The van der Waals surface area contributed by atoms with Gasteiger partial charge in [0.1, 0.15) is 5.69 Å². The SMILES string of the molecule is Cc1ccc(-c2n[nH]c(=O)[nH]2)cc1NC(=O)c1ccc2n1CCNC2. The number of benzene rings is 1. The Morgan fingerprint density at radius 1 is 1.28 bits per heavy atom. The van der Waals surface area contributed by atoms with Gasteiger partial charge in [0.2, 0.25) is 0 Å². The first-order valence-corrected chi connectivity index (χ1v) is 8.08. The topological polar surface area (TPSA) is 108 Å². The van der Waals surface area contributed by atoms with Crippen LogP contribution in [0.25, 0.3) is 11.4 Å². The molecule has 1 amide bonds. The van der Waals surface area contributed by atoms with Crippen LogP contribution in [0.15, 0.2) is 35.1 Å². The van der Waals surface area contributed by atoms with Gasteiger partial charge < -0.3 is 15.2 Å². The van der Waals surface area contributed by atoms with Crippen molar-refractivity contribution in [3.63, 3.8) is 0 Å². The van der Waals surface area contributed by atoms with E-state index in [2.05, 4.69) is 25.8 Å². The fourth-order valence-corrected chi connectivity index (χ4v) is 3.03. The van der Waals surface area contributed by atoms with E-state index in [1.807, 2.05) is 35.8 Å². The number of fused-ring (bicyclic) bond motifs is 1. The standard InChI is InChI=1S/C17H18N6O2/c1-10-2-3-11(15-20-17(25)22-21-15)8-13(10)19-16(24)14-5-4-12-9-18-6-7-23(12)14/h2-5,8,18H,6-7,9H2,1H3,(H,19,24)(H2,20,21,22,25). The number of carbonyl (C=O) groups is 1.